The lowest BCUT2D eigenvalue weighted by Crippen LogP contribution is -2.44. The number of carbonyl (C=O) groups excluding carboxylic acids is 3. The van der Waals surface area contributed by atoms with E-state index in [1.165, 1.54) is 0 Å². The maximum absolute atomic E-state index is 12.0. The van der Waals surface area contributed by atoms with Crippen LogP contribution in [-0.2, 0) is 14.4 Å². The Morgan fingerprint density at radius 3 is 2.60 bits per heavy atom. The van der Waals surface area contributed by atoms with Crippen LogP contribution >= 0.6 is 0 Å². The first-order valence-corrected chi connectivity index (χ1v) is 8.69. The molecular weight excluding hydrogens is 322 g/mol. The number of anilines is 2. The highest BCUT2D eigenvalue weighted by atomic mass is 16.3. The number of amides is 3. The molecule has 2 aliphatic rings. The third kappa shape index (κ3) is 4.17. The maximum Gasteiger partial charge on any atom is 0.313 e. The molecule has 7 nitrogen and oxygen atoms in total. The Morgan fingerprint density at radius 2 is 1.92 bits per heavy atom. The Hall–Kier alpha value is -2.41. The molecule has 1 saturated heterocycles. The second-order valence-corrected chi connectivity index (χ2v) is 6.77. The summed E-state index contributed by atoms with van der Waals surface area (Å²) in [4.78, 5) is 37.5. The van der Waals surface area contributed by atoms with E-state index in [0.717, 1.165) is 19.3 Å². The molecule has 3 N–H and O–H groups in total. The van der Waals surface area contributed by atoms with Crippen molar-refractivity contribution < 1.29 is 19.5 Å². The van der Waals surface area contributed by atoms with Gasteiger partial charge in [0, 0.05) is 30.9 Å². The summed E-state index contributed by atoms with van der Waals surface area (Å²) < 4.78 is 0. The minimum absolute atomic E-state index is 0.0611. The van der Waals surface area contributed by atoms with Crippen LogP contribution in [0.4, 0.5) is 11.4 Å². The summed E-state index contributed by atoms with van der Waals surface area (Å²) in [6, 6.07) is 6.88. The van der Waals surface area contributed by atoms with Crippen molar-refractivity contribution in [1.82, 2.24) is 5.32 Å². The molecule has 1 aliphatic carbocycles. The SMILES string of the molecule is O=C(NCC1(O)CCCC1)C(=O)Nc1cccc(N2CCCC2=O)c1. The van der Waals surface area contributed by atoms with Gasteiger partial charge in [-0.05, 0) is 37.5 Å². The molecule has 7 heteroatoms. The number of rotatable bonds is 4. The van der Waals surface area contributed by atoms with E-state index in [2.05, 4.69) is 10.6 Å². The minimum atomic E-state index is -0.897. The van der Waals surface area contributed by atoms with Crippen LogP contribution in [0.1, 0.15) is 38.5 Å². The van der Waals surface area contributed by atoms with E-state index >= 15 is 0 Å². The van der Waals surface area contributed by atoms with Gasteiger partial charge in [-0.1, -0.05) is 18.9 Å². The number of nitrogens with zero attached hydrogens (tertiary/aromatic N) is 1. The Labute approximate surface area is 146 Å². The lowest BCUT2D eigenvalue weighted by atomic mass is 10.0. The fourth-order valence-corrected chi connectivity index (χ4v) is 3.40. The highest BCUT2D eigenvalue weighted by molar-refractivity contribution is 6.39. The molecule has 1 aromatic rings. The molecule has 1 saturated carbocycles. The van der Waals surface area contributed by atoms with Gasteiger partial charge in [0.15, 0.2) is 0 Å². The van der Waals surface area contributed by atoms with Gasteiger partial charge >= 0.3 is 11.8 Å². The van der Waals surface area contributed by atoms with Crippen LogP contribution in [0, 0.1) is 0 Å². The predicted octanol–water partition coefficient (Wildman–Crippen LogP) is 1.17. The van der Waals surface area contributed by atoms with E-state index in [9.17, 15) is 19.5 Å². The van der Waals surface area contributed by atoms with Crippen LogP contribution in [0.2, 0.25) is 0 Å². The summed E-state index contributed by atoms with van der Waals surface area (Å²) in [5.74, 6) is -1.50. The van der Waals surface area contributed by atoms with Crippen molar-refractivity contribution in [2.75, 3.05) is 23.3 Å². The first-order chi connectivity index (χ1) is 12.0. The van der Waals surface area contributed by atoms with Crippen molar-refractivity contribution in [3.63, 3.8) is 0 Å². The quantitative estimate of drug-likeness (QED) is 0.714. The van der Waals surface area contributed by atoms with Gasteiger partial charge in [0.05, 0.1) is 5.60 Å². The number of hydrogen-bond donors (Lipinski definition) is 3. The minimum Gasteiger partial charge on any atom is -0.388 e. The molecule has 0 aromatic heterocycles. The van der Waals surface area contributed by atoms with Crippen molar-refractivity contribution >= 4 is 29.1 Å². The Bertz CT molecular complexity index is 683. The van der Waals surface area contributed by atoms with Gasteiger partial charge in [-0.2, -0.15) is 0 Å². The molecule has 0 spiro atoms. The summed E-state index contributed by atoms with van der Waals surface area (Å²) in [6.45, 7) is 0.747. The Morgan fingerprint density at radius 1 is 1.16 bits per heavy atom. The number of benzene rings is 1. The van der Waals surface area contributed by atoms with E-state index < -0.39 is 17.4 Å². The molecule has 1 aliphatic heterocycles. The first kappa shape index (κ1) is 17.4. The fourth-order valence-electron chi connectivity index (χ4n) is 3.40. The van der Waals surface area contributed by atoms with Gasteiger partial charge in [-0.25, -0.2) is 0 Å². The Kier molecular flexibility index (Phi) is 5.03. The zero-order valence-corrected chi connectivity index (χ0v) is 14.1. The van der Waals surface area contributed by atoms with Crippen LogP contribution in [0.15, 0.2) is 24.3 Å². The number of nitrogens with one attached hydrogen (secondary N) is 2. The molecule has 3 rings (SSSR count). The molecule has 134 valence electrons. The average Bonchev–Trinajstić information content (AvgIpc) is 3.22. The predicted molar refractivity (Wildman–Crippen MR) is 93.1 cm³/mol. The van der Waals surface area contributed by atoms with Gasteiger partial charge in [0.2, 0.25) is 5.91 Å². The second kappa shape index (κ2) is 7.23. The second-order valence-electron chi connectivity index (χ2n) is 6.77. The summed E-state index contributed by atoms with van der Waals surface area (Å²) in [5, 5.41) is 15.2. The van der Waals surface area contributed by atoms with E-state index in [1.54, 1.807) is 29.2 Å². The van der Waals surface area contributed by atoms with Crippen LogP contribution in [-0.4, -0.2) is 41.5 Å². The van der Waals surface area contributed by atoms with Crippen LogP contribution in [0.5, 0.6) is 0 Å². The van der Waals surface area contributed by atoms with E-state index in [4.69, 9.17) is 0 Å². The van der Waals surface area contributed by atoms with Gasteiger partial charge < -0.3 is 20.6 Å². The first-order valence-electron chi connectivity index (χ1n) is 8.69. The van der Waals surface area contributed by atoms with Crippen molar-refractivity contribution in [2.45, 2.75) is 44.1 Å². The zero-order valence-electron chi connectivity index (χ0n) is 14.1. The summed E-state index contributed by atoms with van der Waals surface area (Å²) >= 11 is 0. The van der Waals surface area contributed by atoms with Gasteiger partial charge in [-0.3, -0.25) is 14.4 Å². The molecule has 2 fully saturated rings. The Balaban J connectivity index is 1.57. The molecule has 3 amide bonds. The summed E-state index contributed by atoms with van der Waals surface area (Å²) in [5.41, 5.74) is 0.268. The lowest BCUT2D eigenvalue weighted by molar-refractivity contribution is -0.136. The van der Waals surface area contributed by atoms with Crippen molar-refractivity contribution in [2.24, 2.45) is 0 Å². The maximum atomic E-state index is 12.0. The number of hydrogen-bond acceptors (Lipinski definition) is 4. The zero-order chi connectivity index (χ0) is 17.9. The molecular formula is C18H23N3O4. The van der Waals surface area contributed by atoms with Crippen molar-refractivity contribution in [1.29, 1.82) is 0 Å². The highest BCUT2D eigenvalue weighted by Crippen LogP contribution is 2.28. The lowest BCUT2D eigenvalue weighted by Gasteiger charge is -2.22. The summed E-state index contributed by atoms with van der Waals surface area (Å²) in [6.07, 6.45) is 4.49. The van der Waals surface area contributed by atoms with Crippen molar-refractivity contribution in [3.8, 4) is 0 Å². The topological polar surface area (TPSA) is 98.7 Å². The molecule has 1 heterocycles. The normalized spacial score (nSPS) is 19.1. The smallest absolute Gasteiger partial charge is 0.313 e. The van der Waals surface area contributed by atoms with E-state index in [0.29, 0.717) is 37.2 Å². The monoisotopic (exact) mass is 345 g/mol. The van der Waals surface area contributed by atoms with Gasteiger partial charge in [-0.15, -0.1) is 0 Å². The molecule has 0 radical (unpaired) electrons. The largest absolute Gasteiger partial charge is 0.388 e. The highest BCUT2D eigenvalue weighted by Gasteiger charge is 2.32. The average molecular weight is 345 g/mol. The van der Waals surface area contributed by atoms with Crippen LogP contribution in [0.25, 0.3) is 0 Å². The fraction of sp³-hybridized carbons (Fsp3) is 0.500. The van der Waals surface area contributed by atoms with E-state index in [-0.39, 0.29) is 12.5 Å². The molecule has 0 atom stereocenters. The van der Waals surface area contributed by atoms with Gasteiger partial charge in [0.25, 0.3) is 0 Å². The third-order valence-electron chi connectivity index (χ3n) is 4.81. The summed E-state index contributed by atoms with van der Waals surface area (Å²) in [7, 11) is 0. The molecule has 25 heavy (non-hydrogen) atoms. The molecule has 1 aromatic carbocycles. The van der Waals surface area contributed by atoms with Crippen LogP contribution < -0.4 is 15.5 Å². The number of aliphatic hydroxyl groups is 1. The molecule has 0 unspecified atom stereocenters. The third-order valence-corrected chi connectivity index (χ3v) is 4.81. The standard InChI is InChI=1S/C18H23N3O4/c22-15-7-4-10-21(15)14-6-3-5-13(11-14)20-17(24)16(23)19-12-18(25)8-1-2-9-18/h3,5-6,11,25H,1-2,4,7-10,12H2,(H,19,23)(H,20,24). The number of carbonyl (C=O) groups is 3. The molecule has 0 bridgehead atoms. The van der Waals surface area contributed by atoms with Crippen LogP contribution in [0.3, 0.4) is 0 Å². The van der Waals surface area contributed by atoms with Crippen molar-refractivity contribution in [3.05, 3.63) is 24.3 Å². The van der Waals surface area contributed by atoms with E-state index in [1.807, 2.05) is 0 Å². The van der Waals surface area contributed by atoms with Gasteiger partial charge in [0.1, 0.15) is 0 Å².